The molecule has 1 unspecified atom stereocenters. The number of hydrogen-bond acceptors (Lipinski definition) is 6. The summed E-state index contributed by atoms with van der Waals surface area (Å²) in [4.78, 5) is 55.2. The summed E-state index contributed by atoms with van der Waals surface area (Å²) >= 11 is 1.22. The van der Waals surface area contributed by atoms with Crippen LogP contribution in [0.25, 0.3) is 0 Å². The fraction of sp³-hybridized carbons (Fsp3) is 0.200. The lowest BCUT2D eigenvalue weighted by atomic mass is 10.1. The van der Waals surface area contributed by atoms with Crippen molar-refractivity contribution in [2.75, 3.05) is 10.6 Å². The van der Waals surface area contributed by atoms with Crippen LogP contribution >= 0.6 is 11.3 Å². The standard InChI is InChI=1S/C20H18N4O4S/c1-12(25)13-4-2-5-14(10-13)22-17(26)8-7-15-11-29-20(23-15)24-19(28)16-6-3-9-21-18(16)27/h2-6,9-11,16H,7-8H2,1H3,(H,22,26)(H,23,24,28). The Bertz CT molecular complexity index is 1020. The first kappa shape index (κ1) is 20.3. The predicted molar refractivity (Wildman–Crippen MR) is 110 cm³/mol. The zero-order valence-electron chi connectivity index (χ0n) is 15.5. The lowest BCUT2D eigenvalue weighted by Crippen LogP contribution is -2.28. The summed E-state index contributed by atoms with van der Waals surface area (Å²) in [5.74, 6) is -2.25. The summed E-state index contributed by atoms with van der Waals surface area (Å²) in [6.07, 6.45) is 4.94. The fourth-order valence-electron chi connectivity index (χ4n) is 2.58. The monoisotopic (exact) mass is 410 g/mol. The Labute approximate surface area is 170 Å². The first-order chi connectivity index (χ1) is 13.9. The number of nitrogens with one attached hydrogen (secondary N) is 2. The average molecular weight is 410 g/mol. The van der Waals surface area contributed by atoms with Gasteiger partial charge in [0, 0.05) is 29.3 Å². The Kier molecular flexibility index (Phi) is 6.40. The van der Waals surface area contributed by atoms with Gasteiger partial charge in [0.15, 0.2) is 10.9 Å². The molecule has 0 radical (unpaired) electrons. The minimum Gasteiger partial charge on any atom is -0.326 e. The van der Waals surface area contributed by atoms with E-state index in [4.69, 9.17) is 0 Å². The van der Waals surface area contributed by atoms with Crippen molar-refractivity contribution in [1.82, 2.24) is 4.98 Å². The molecule has 0 saturated heterocycles. The quantitative estimate of drug-likeness (QED) is 0.537. The molecule has 3 rings (SSSR count). The smallest absolute Gasteiger partial charge is 0.262 e. The highest BCUT2D eigenvalue weighted by molar-refractivity contribution is 7.13. The number of benzene rings is 1. The number of ketones is 1. The maximum absolute atomic E-state index is 12.2. The average Bonchev–Trinajstić information content (AvgIpc) is 3.14. The van der Waals surface area contributed by atoms with Crippen molar-refractivity contribution in [3.05, 3.63) is 53.1 Å². The zero-order valence-corrected chi connectivity index (χ0v) is 16.4. The number of rotatable bonds is 7. The van der Waals surface area contributed by atoms with E-state index in [0.717, 1.165) is 0 Å². The molecule has 1 aliphatic heterocycles. The molecule has 2 aromatic rings. The second-order valence-electron chi connectivity index (χ2n) is 6.30. The van der Waals surface area contributed by atoms with E-state index in [9.17, 15) is 19.2 Å². The maximum Gasteiger partial charge on any atom is 0.262 e. The van der Waals surface area contributed by atoms with Crippen molar-refractivity contribution in [1.29, 1.82) is 0 Å². The highest BCUT2D eigenvalue weighted by Gasteiger charge is 2.25. The fourth-order valence-corrected chi connectivity index (χ4v) is 3.33. The lowest BCUT2D eigenvalue weighted by Gasteiger charge is -2.09. The summed E-state index contributed by atoms with van der Waals surface area (Å²) in [5.41, 5.74) is 1.74. The normalized spacial score (nSPS) is 15.2. The minimum atomic E-state index is -0.955. The van der Waals surface area contributed by atoms with Crippen molar-refractivity contribution in [2.24, 2.45) is 10.9 Å². The van der Waals surface area contributed by atoms with Crippen LogP contribution in [0.3, 0.4) is 0 Å². The van der Waals surface area contributed by atoms with E-state index >= 15 is 0 Å². The largest absolute Gasteiger partial charge is 0.326 e. The van der Waals surface area contributed by atoms with Gasteiger partial charge < -0.3 is 10.6 Å². The van der Waals surface area contributed by atoms with Crippen molar-refractivity contribution in [2.45, 2.75) is 19.8 Å². The molecule has 8 nitrogen and oxygen atoms in total. The molecule has 29 heavy (non-hydrogen) atoms. The number of thiazole rings is 1. The molecule has 1 aliphatic rings. The third-order valence-corrected chi connectivity index (χ3v) is 4.89. The second-order valence-corrected chi connectivity index (χ2v) is 7.16. The number of amides is 3. The number of nitrogens with zero attached hydrogens (tertiary/aromatic N) is 2. The van der Waals surface area contributed by atoms with E-state index < -0.39 is 17.7 Å². The van der Waals surface area contributed by atoms with E-state index in [0.29, 0.717) is 28.5 Å². The topological polar surface area (TPSA) is 118 Å². The van der Waals surface area contributed by atoms with Gasteiger partial charge in [-0.25, -0.2) is 9.98 Å². The number of allylic oxidation sites excluding steroid dienone is 1. The van der Waals surface area contributed by atoms with Gasteiger partial charge in [0.05, 0.1) is 5.69 Å². The Morgan fingerprint density at radius 1 is 1.21 bits per heavy atom. The molecule has 1 aromatic carbocycles. The number of Topliss-reactive ketones (excluding diaryl/α,β-unsaturated/α-hetero) is 1. The number of aromatic nitrogens is 1. The van der Waals surface area contributed by atoms with Gasteiger partial charge in [-0.15, -0.1) is 11.3 Å². The molecule has 0 spiro atoms. The van der Waals surface area contributed by atoms with Crippen molar-refractivity contribution in [3.8, 4) is 0 Å². The number of anilines is 2. The van der Waals surface area contributed by atoms with Crippen molar-refractivity contribution < 1.29 is 19.2 Å². The Morgan fingerprint density at radius 2 is 2.03 bits per heavy atom. The van der Waals surface area contributed by atoms with Crippen molar-refractivity contribution >= 4 is 51.9 Å². The summed E-state index contributed by atoms with van der Waals surface area (Å²) in [5, 5.41) is 7.45. The van der Waals surface area contributed by atoms with Crippen LogP contribution in [0.1, 0.15) is 29.4 Å². The van der Waals surface area contributed by atoms with Crippen LogP contribution in [0.5, 0.6) is 0 Å². The van der Waals surface area contributed by atoms with Gasteiger partial charge in [-0.05, 0) is 31.6 Å². The molecule has 2 N–H and O–H groups in total. The molecule has 1 atom stereocenters. The van der Waals surface area contributed by atoms with Crippen LogP contribution in [-0.4, -0.2) is 34.7 Å². The van der Waals surface area contributed by atoms with Gasteiger partial charge in [0.2, 0.25) is 11.8 Å². The highest BCUT2D eigenvalue weighted by Crippen LogP contribution is 2.19. The summed E-state index contributed by atoms with van der Waals surface area (Å²) in [6, 6.07) is 6.74. The number of aryl methyl sites for hydroxylation is 1. The summed E-state index contributed by atoms with van der Waals surface area (Å²) in [7, 11) is 0. The third kappa shape index (κ3) is 5.52. The molecular formula is C20H18N4O4S. The van der Waals surface area contributed by atoms with Gasteiger partial charge >= 0.3 is 0 Å². The molecule has 1 aromatic heterocycles. The molecular weight excluding hydrogens is 392 g/mol. The van der Waals surface area contributed by atoms with Crippen LogP contribution in [0.15, 0.2) is 46.8 Å². The second kappa shape index (κ2) is 9.16. The van der Waals surface area contributed by atoms with Crippen molar-refractivity contribution in [3.63, 3.8) is 0 Å². The van der Waals surface area contributed by atoms with E-state index in [1.54, 1.807) is 35.7 Å². The summed E-state index contributed by atoms with van der Waals surface area (Å²) < 4.78 is 0. The SMILES string of the molecule is CC(=O)c1cccc(NC(=O)CCc2csc(NC(=O)C3C=CC=NC3=O)n2)c1. The number of carbonyl (C=O) groups excluding carboxylic acids is 4. The van der Waals surface area contributed by atoms with Crippen LogP contribution in [0.2, 0.25) is 0 Å². The van der Waals surface area contributed by atoms with Crippen LogP contribution in [0, 0.1) is 5.92 Å². The molecule has 0 fully saturated rings. The highest BCUT2D eigenvalue weighted by atomic mass is 32.1. The van der Waals surface area contributed by atoms with Gasteiger partial charge in [-0.2, -0.15) is 0 Å². The predicted octanol–water partition coefficient (Wildman–Crippen LogP) is 2.64. The number of carbonyl (C=O) groups is 4. The molecule has 0 saturated carbocycles. The van der Waals surface area contributed by atoms with E-state index in [-0.39, 0.29) is 18.1 Å². The van der Waals surface area contributed by atoms with E-state index in [1.807, 2.05) is 0 Å². The Hall–Kier alpha value is -3.46. The minimum absolute atomic E-state index is 0.0737. The molecule has 0 bridgehead atoms. The third-order valence-electron chi connectivity index (χ3n) is 4.08. The first-order valence-corrected chi connectivity index (χ1v) is 9.71. The Balaban J connectivity index is 1.50. The van der Waals surface area contributed by atoms with E-state index in [1.165, 1.54) is 30.6 Å². The van der Waals surface area contributed by atoms with Crippen LogP contribution in [0.4, 0.5) is 10.8 Å². The van der Waals surface area contributed by atoms with Gasteiger partial charge in [0.1, 0.15) is 5.92 Å². The van der Waals surface area contributed by atoms with E-state index in [2.05, 4.69) is 20.6 Å². The van der Waals surface area contributed by atoms with Crippen LogP contribution < -0.4 is 10.6 Å². The zero-order chi connectivity index (χ0) is 20.8. The molecule has 0 aliphatic carbocycles. The van der Waals surface area contributed by atoms with Crippen LogP contribution in [-0.2, 0) is 20.8 Å². The number of dihydropyridines is 1. The van der Waals surface area contributed by atoms with Gasteiger partial charge in [-0.3, -0.25) is 19.2 Å². The Morgan fingerprint density at radius 3 is 2.79 bits per heavy atom. The molecule has 2 heterocycles. The maximum atomic E-state index is 12.2. The van der Waals surface area contributed by atoms with Gasteiger partial charge in [0.25, 0.3) is 5.91 Å². The summed E-state index contributed by atoms with van der Waals surface area (Å²) in [6.45, 7) is 1.47. The molecule has 3 amide bonds. The number of aliphatic imine (C=N–C) groups is 1. The first-order valence-electron chi connectivity index (χ1n) is 8.83. The van der Waals surface area contributed by atoms with Gasteiger partial charge in [-0.1, -0.05) is 18.2 Å². The lowest BCUT2D eigenvalue weighted by molar-refractivity contribution is -0.128. The molecule has 9 heteroatoms. The molecule has 148 valence electrons. The number of hydrogen-bond donors (Lipinski definition) is 2.